The summed E-state index contributed by atoms with van der Waals surface area (Å²) in [7, 11) is 0. The molecule has 0 bridgehead atoms. The minimum atomic E-state index is -0.841. The molecule has 0 fully saturated rings. The normalized spacial score (nSPS) is 13.7. The van der Waals surface area contributed by atoms with Gasteiger partial charge in [0.15, 0.2) is 0 Å². The van der Waals surface area contributed by atoms with Gasteiger partial charge in [-0.25, -0.2) is 4.98 Å². The van der Waals surface area contributed by atoms with E-state index in [0.29, 0.717) is 12.1 Å². The molecule has 0 spiro atoms. The molecule has 1 amide bonds. The standard InChI is InChI=1S/C15H26N4O/c1-5-10-15(4,16)14(20)18-12-8-9-13(17-11-12)19(6-2)7-3/h8-9,11H,5-7,10,16H2,1-4H3,(H,18,20). The number of amides is 1. The van der Waals surface area contributed by atoms with Crippen molar-refractivity contribution in [1.29, 1.82) is 0 Å². The third kappa shape index (κ3) is 4.20. The Balaban J connectivity index is 2.73. The zero-order chi connectivity index (χ0) is 15.2. The molecule has 1 heterocycles. The average molecular weight is 278 g/mol. The first kappa shape index (κ1) is 16.4. The molecule has 1 unspecified atom stereocenters. The quantitative estimate of drug-likeness (QED) is 0.803. The summed E-state index contributed by atoms with van der Waals surface area (Å²) in [4.78, 5) is 18.6. The van der Waals surface area contributed by atoms with Crippen molar-refractivity contribution in [3.63, 3.8) is 0 Å². The molecule has 1 aromatic heterocycles. The lowest BCUT2D eigenvalue weighted by Crippen LogP contribution is -2.48. The molecule has 0 aliphatic heterocycles. The van der Waals surface area contributed by atoms with Gasteiger partial charge in [-0.05, 0) is 39.3 Å². The second-order valence-corrected chi connectivity index (χ2v) is 5.20. The highest BCUT2D eigenvalue weighted by Crippen LogP contribution is 2.16. The van der Waals surface area contributed by atoms with Gasteiger partial charge in [0.05, 0.1) is 17.4 Å². The van der Waals surface area contributed by atoms with Gasteiger partial charge in [0, 0.05) is 13.1 Å². The fourth-order valence-corrected chi connectivity index (χ4v) is 2.10. The molecule has 5 heteroatoms. The number of pyridine rings is 1. The summed E-state index contributed by atoms with van der Waals surface area (Å²) in [6.07, 6.45) is 3.21. The first-order valence-electron chi connectivity index (χ1n) is 7.25. The highest BCUT2D eigenvalue weighted by molar-refractivity contribution is 5.97. The molecule has 1 rings (SSSR count). The Bertz CT molecular complexity index is 424. The Morgan fingerprint density at radius 2 is 2.00 bits per heavy atom. The Hall–Kier alpha value is -1.62. The van der Waals surface area contributed by atoms with Crippen molar-refractivity contribution >= 4 is 17.4 Å². The van der Waals surface area contributed by atoms with Crippen molar-refractivity contribution in [3.05, 3.63) is 18.3 Å². The summed E-state index contributed by atoms with van der Waals surface area (Å²) in [6.45, 7) is 9.76. The van der Waals surface area contributed by atoms with E-state index >= 15 is 0 Å². The number of hydrogen-bond donors (Lipinski definition) is 2. The molecule has 3 N–H and O–H groups in total. The third-order valence-corrected chi connectivity index (χ3v) is 3.38. The number of rotatable bonds is 7. The highest BCUT2D eigenvalue weighted by atomic mass is 16.2. The SMILES string of the molecule is CCCC(C)(N)C(=O)Nc1ccc(N(CC)CC)nc1. The van der Waals surface area contributed by atoms with Crippen molar-refractivity contribution < 1.29 is 4.79 Å². The number of nitrogens with two attached hydrogens (primary N) is 1. The van der Waals surface area contributed by atoms with Gasteiger partial charge in [-0.2, -0.15) is 0 Å². The monoisotopic (exact) mass is 278 g/mol. The van der Waals surface area contributed by atoms with E-state index in [2.05, 4.69) is 29.0 Å². The first-order valence-corrected chi connectivity index (χ1v) is 7.25. The van der Waals surface area contributed by atoms with E-state index in [9.17, 15) is 4.79 Å². The van der Waals surface area contributed by atoms with Crippen LogP contribution in [0, 0.1) is 0 Å². The van der Waals surface area contributed by atoms with E-state index in [0.717, 1.165) is 25.3 Å². The molecular formula is C15H26N4O. The lowest BCUT2D eigenvalue weighted by molar-refractivity contribution is -0.120. The molecule has 0 saturated carbocycles. The predicted octanol–water partition coefficient (Wildman–Crippen LogP) is 2.38. The summed E-state index contributed by atoms with van der Waals surface area (Å²) in [5, 5.41) is 2.82. The van der Waals surface area contributed by atoms with Crippen molar-refractivity contribution in [3.8, 4) is 0 Å². The largest absolute Gasteiger partial charge is 0.357 e. The highest BCUT2D eigenvalue weighted by Gasteiger charge is 2.27. The van der Waals surface area contributed by atoms with E-state index in [-0.39, 0.29) is 5.91 Å². The second kappa shape index (κ2) is 7.24. The first-order chi connectivity index (χ1) is 9.44. The number of hydrogen-bond acceptors (Lipinski definition) is 4. The van der Waals surface area contributed by atoms with Crippen LogP contribution >= 0.6 is 0 Å². The van der Waals surface area contributed by atoms with Gasteiger partial charge >= 0.3 is 0 Å². The third-order valence-electron chi connectivity index (χ3n) is 3.38. The van der Waals surface area contributed by atoms with E-state index in [1.165, 1.54) is 0 Å². The van der Waals surface area contributed by atoms with Crippen LogP contribution in [0.15, 0.2) is 18.3 Å². The van der Waals surface area contributed by atoms with Crippen molar-refractivity contribution in [2.75, 3.05) is 23.3 Å². The lowest BCUT2D eigenvalue weighted by atomic mass is 9.96. The van der Waals surface area contributed by atoms with E-state index in [1.807, 2.05) is 19.1 Å². The van der Waals surface area contributed by atoms with Crippen LogP contribution in [0.2, 0.25) is 0 Å². The number of nitrogens with zero attached hydrogens (tertiary/aromatic N) is 2. The number of carbonyl (C=O) groups excluding carboxylic acids is 1. The van der Waals surface area contributed by atoms with Crippen molar-refractivity contribution in [1.82, 2.24) is 4.98 Å². The van der Waals surface area contributed by atoms with Crippen LogP contribution in [0.5, 0.6) is 0 Å². The number of aromatic nitrogens is 1. The second-order valence-electron chi connectivity index (χ2n) is 5.20. The fraction of sp³-hybridized carbons (Fsp3) is 0.600. The zero-order valence-corrected chi connectivity index (χ0v) is 12.9. The van der Waals surface area contributed by atoms with Crippen molar-refractivity contribution in [2.24, 2.45) is 5.73 Å². The van der Waals surface area contributed by atoms with Gasteiger partial charge < -0.3 is 16.0 Å². The molecule has 112 valence electrons. The maximum Gasteiger partial charge on any atom is 0.244 e. The summed E-state index contributed by atoms with van der Waals surface area (Å²) >= 11 is 0. The van der Waals surface area contributed by atoms with Crippen LogP contribution < -0.4 is 16.0 Å². The minimum absolute atomic E-state index is 0.170. The van der Waals surface area contributed by atoms with Gasteiger partial charge in [-0.3, -0.25) is 4.79 Å². The molecule has 0 radical (unpaired) electrons. The van der Waals surface area contributed by atoms with Crippen molar-refractivity contribution in [2.45, 2.75) is 46.1 Å². The Morgan fingerprint density at radius 1 is 1.35 bits per heavy atom. The van der Waals surface area contributed by atoms with E-state index in [4.69, 9.17) is 5.73 Å². The summed E-state index contributed by atoms with van der Waals surface area (Å²) in [5.41, 5.74) is 5.84. The lowest BCUT2D eigenvalue weighted by Gasteiger charge is -2.23. The van der Waals surface area contributed by atoms with Gasteiger partial charge in [-0.1, -0.05) is 13.3 Å². The Morgan fingerprint density at radius 3 is 2.45 bits per heavy atom. The minimum Gasteiger partial charge on any atom is -0.357 e. The summed E-state index contributed by atoms with van der Waals surface area (Å²) < 4.78 is 0. The molecule has 1 atom stereocenters. The Labute approximate surface area is 121 Å². The number of carbonyl (C=O) groups is 1. The van der Waals surface area contributed by atoms with Gasteiger partial charge in [-0.15, -0.1) is 0 Å². The van der Waals surface area contributed by atoms with Crippen LogP contribution in [-0.4, -0.2) is 29.5 Å². The number of anilines is 2. The maximum atomic E-state index is 12.1. The Kier molecular flexibility index (Phi) is 5.95. The molecule has 1 aromatic rings. The molecule has 5 nitrogen and oxygen atoms in total. The topological polar surface area (TPSA) is 71.2 Å². The van der Waals surface area contributed by atoms with Crippen LogP contribution in [0.25, 0.3) is 0 Å². The van der Waals surface area contributed by atoms with Crippen LogP contribution in [0.3, 0.4) is 0 Å². The fourth-order valence-electron chi connectivity index (χ4n) is 2.10. The van der Waals surface area contributed by atoms with Crippen LogP contribution in [0.4, 0.5) is 11.5 Å². The van der Waals surface area contributed by atoms with E-state index in [1.54, 1.807) is 13.1 Å². The van der Waals surface area contributed by atoms with Crippen LogP contribution in [-0.2, 0) is 4.79 Å². The number of nitrogens with one attached hydrogen (secondary N) is 1. The molecule has 0 aromatic carbocycles. The maximum absolute atomic E-state index is 12.1. The molecule has 0 aliphatic carbocycles. The zero-order valence-electron chi connectivity index (χ0n) is 12.9. The average Bonchev–Trinajstić information content (AvgIpc) is 2.42. The van der Waals surface area contributed by atoms with Gasteiger partial charge in [0.1, 0.15) is 5.82 Å². The van der Waals surface area contributed by atoms with Gasteiger partial charge in [0.25, 0.3) is 0 Å². The summed E-state index contributed by atoms with van der Waals surface area (Å²) in [5.74, 6) is 0.744. The van der Waals surface area contributed by atoms with Crippen LogP contribution in [0.1, 0.15) is 40.5 Å². The van der Waals surface area contributed by atoms with Gasteiger partial charge in [0.2, 0.25) is 5.91 Å². The molecular weight excluding hydrogens is 252 g/mol. The molecule has 0 saturated heterocycles. The smallest absolute Gasteiger partial charge is 0.244 e. The predicted molar refractivity (Wildman–Crippen MR) is 83.9 cm³/mol. The summed E-state index contributed by atoms with van der Waals surface area (Å²) in [6, 6.07) is 3.77. The molecule has 20 heavy (non-hydrogen) atoms. The van der Waals surface area contributed by atoms with E-state index < -0.39 is 5.54 Å². The molecule has 0 aliphatic rings.